The van der Waals surface area contributed by atoms with E-state index in [0.29, 0.717) is 15.6 Å². The van der Waals surface area contributed by atoms with Crippen LogP contribution in [0, 0.1) is 0 Å². The molecule has 0 aliphatic carbocycles. The van der Waals surface area contributed by atoms with Gasteiger partial charge in [0, 0.05) is 15.6 Å². The number of carbonyl (C=O) groups excluding carboxylic acids is 2. The molecule has 0 unspecified atom stereocenters. The molecule has 0 aromatic heterocycles. The molecule has 0 aliphatic heterocycles. The van der Waals surface area contributed by atoms with E-state index in [4.69, 9.17) is 23.2 Å². The highest BCUT2D eigenvalue weighted by atomic mass is 35.5. The van der Waals surface area contributed by atoms with Crippen molar-refractivity contribution in [1.82, 2.24) is 0 Å². The van der Waals surface area contributed by atoms with E-state index in [2.05, 4.69) is 0 Å². The standard InChI is InChI=1S/C15H10Cl2O3/c16-10-3-1-9(2-4-10)13(18)8-15(20)12-6-5-11(17)7-14(12)19/h1-7,19H,8H2. The Kier molecular flexibility index (Phi) is 4.42. The molecule has 1 N–H and O–H groups in total. The van der Waals surface area contributed by atoms with Gasteiger partial charge in [-0.25, -0.2) is 0 Å². The Labute approximate surface area is 125 Å². The molecular formula is C15H10Cl2O3. The molecule has 2 aromatic rings. The first kappa shape index (κ1) is 14.6. The lowest BCUT2D eigenvalue weighted by atomic mass is 10.0. The minimum atomic E-state index is -0.459. The van der Waals surface area contributed by atoms with Gasteiger partial charge in [-0.05, 0) is 42.5 Å². The zero-order valence-corrected chi connectivity index (χ0v) is 11.8. The molecule has 0 radical (unpaired) electrons. The highest BCUT2D eigenvalue weighted by molar-refractivity contribution is 6.31. The largest absolute Gasteiger partial charge is 0.507 e. The van der Waals surface area contributed by atoms with Crippen molar-refractivity contribution in [2.75, 3.05) is 0 Å². The fraction of sp³-hybridized carbons (Fsp3) is 0.0667. The summed E-state index contributed by atoms with van der Waals surface area (Å²) in [5, 5.41) is 10.5. The molecule has 0 bridgehead atoms. The second-order valence-electron chi connectivity index (χ2n) is 4.19. The highest BCUT2D eigenvalue weighted by Gasteiger charge is 2.16. The number of rotatable bonds is 4. The van der Waals surface area contributed by atoms with Crippen LogP contribution < -0.4 is 0 Å². The Morgan fingerprint density at radius 3 is 2.10 bits per heavy atom. The summed E-state index contributed by atoms with van der Waals surface area (Å²) in [5.74, 6) is -1.02. The van der Waals surface area contributed by atoms with E-state index in [0.717, 1.165) is 0 Å². The minimum absolute atomic E-state index is 0.0803. The Morgan fingerprint density at radius 2 is 1.50 bits per heavy atom. The van der Waals surface area contributed by atoms with Crippen molar-refractivity contribution >= 4 is 34.8 Å². The summed E-state index contributed by atoms with van der Waals surface area (Å²) in [5.41, 5.74) is 0.480. The smallest absolute Gasteiger partial charge is 0.174 e. The number of benzene rings is 2. The SMILES string of the molecule is O=C(CC(=O)c1ccc(Cl)cc1O)c1ccc(Cl)cc1. The molecule has 0 fully saturated rings. The van der Waals surface area contributed by atoms with E-state index in [1.165, 1.54) is 18.2 Å². The fourth-order valence-corrected chi connectivity index (χ4v) is 2.01. The highest BCUT2D eigenvalue weighted by Crippen LogP contribution is 2.23. The van der Waals surface area contributed by atoms with Crippen LogP contribution in [0.3, 0.4) is 0 Å². The van der Waals surface area contributed by atoms with Crippen LogP contribution in [0.15, 0.2) is 42.5 Å². The number of halogens is 2. The van der Waals surface area contributed by atoms with Crippen LogP contribution in [0.2, 0.25) is 10.0 Å². The summed E-state index contributed by atoms with van der Waals surface area (Å²) in [6.45, 7) is 0. The topological polar surface area (TPSA) is 54.4 Å². The second kappa shape index (κ2) is 6.07. The molecule has 0 amide bonds. The summed E-state index contributed by atoms with van der Waals surface area (Å²) < 4.78 is 0. The first-order valence-corrected chi connectivity index (χ1v) is 6.53. The van der Waals surface area contributed by atoms with Gasteiger partial charge in [0.2, 0.25) is 0 Å². The average molecular weight is 309 g/mol. The Hall–Kier alpha value is -1.84. The van der Waals surface area contributed by atoms with Gasteiger partial charge in [-0.3, -0.25) is 9.59 Å². The average Bonchev–Trinajstić information content (AvgIpc) is 2.39. The van der Waals surface area contributed by atoms with Gasteiger partial charge in [0.25, 0.3) is 0 Å². The number of phenolic OH excluding ortho intramolecular Hbond substituents is 1. The predicted octanol–water partition coefficient (Wildman–Crippen LogP) is 4.15. The van der Waals surface area contributed by atoms with Gasteiger partial charge in [-0.1, -0.05) is 23.2 Å². The maximum Gasteiger partial charge on any atom is 0.174 e. The Bertz CT molecular complexity index is 663. The first-order valence-electron chi connectivity index (χ1n) is 5.78. The summed E-state index contributed by atoms with van der Waals surface area (Å²) >= 11 is 11.4. The quantitative estimate of drug-likeness (QED) is 0.681. The van der Waals surface area contributed by atoms with Gasteiger partial charge in [0.05, 0.1) is 12.0 Å². The van der Waals surface area contributed by atoms with Crippen LogP contribution in [0.5, 0.6) is 5.75 Å². The van der Waals surface area contributed by atoms with Gasteiger partial charge in [0.1, 0.15) is 5.75 Å². The molecule has 2 rings (SSSR count). The number of ketones is 2. The van der Waals surface area contributed by atoms with Crippen LogP contribution in [-0.4, -0.2) is 16.7 Å². The van der Waals surface area contributed by atoms with Crippen LogP contribution in [0.4, 0.5) is 0 Å². The summed E-state index contributed by atoms with van der Waals surface area (Å²) in [4.78, 5) is 23.9. The predicted molar refractivity (Wildman–Crippen MR) is 77.8 cm³/mol. The number of aromatic hydroxyl groups is 1. The number of hydrogen-bond acceptors (Lipinski definition) is 3. The fourth-order valence-electron chi connectivity index (χ4n) is 1.72. The van der Waals surface area contributed by atoms with E-state index in [1.54, 1.807) is 24.3 Å². The van der Waals surface area contributed by atoms with Crippen molar-refractivity contribution in [3.05, 3.63) is 63.6 Å². The molecular weight excluding hydrogens is 299 g/mol. The summed E-state index contributed by atoms with van der Waals surface area (Å²) in [6, 6.07) is 10.4. The van der Waals surface area contributed by atoms with E-state index >= 15 is 0 Å². The van der Waals surface area contributed by atoms with Crippen LogP contribution >= 0.6 is 23.2 Å². The van der Waals surface area contributed by atoms with Crippen LogP contribution in [0.1, 0.15) is 27.1 Å². The lowest BCUT2D eigenvalue weighted by Gasteiger charge is -2.04. The van der Waals surface area contributed by atoms with E-state index < -0.39 is 5.78 Å². The molecule has 0 aliphatic rings. The number of hydrogen-bond donors (Lipinski definition) is 1. The van der Waals surface area contributed by atoms with Crippen molar-refractivity contribution in [3.63, 3.8) is 0 Å². The Balaban J connectivity index is 2.15. The molecule has 0 spiro atoms. The zero-order chi connectivity index (χ0) is 14.7. The molecule has 3 nitrogen and oxygen atoms in total. The van der Waals surface area contributed by atoms with Gasteiger partial charge < -0.3 is 5.11 Å². The molecule has 5 heteroatoms. The third kappa shape index (κ3) is 3.38. The van der Waals surface area contributed by atoms with E-state index in [-0.39, 0.29) is 23.5 Å². The maximum atomic E-state index is 12.0. The van der Waals surface area contributed by atoms with E-state index in [1.807, 2.05) is 0 Å². The molecule has 0 atom stereocenters. The third-order valence-electron chi connectivity index (χ3n) is 2.75. The van der Waals surface area contributed by atoms with Crippen LogP contribution in [0.25, 0.3) is 0 Å². The molecule has 0 heterocycles. The maximum absolute atomic E-state index is 12.0. The second-order valence-corrected chi connectivity index (χ2v) is 5.06. The summed E-state index contributed by atoms with van der Waals surface area (Å²) in [6.07, 6.45) is -0.323. The molecule has 20 heavy (non-hydrogen) atoms. The third-order valence-corrected chi connectivity index (χ3v) is 3.23. The number of Topliss-reactive ketones (excluding diaryl/α,β-unsaturated/α-hetero) is 2. The first-order chi connectivity index (χ1) is 9.47. The molecule has 0 saturated carbocycles. The Morgan fingerprint density at radius 1 is 0.900 bits per heavy atom. The van der Waals surface area contributed by atoms with Gasteiger partial charge in [0.15, 0.2) is 11.6 Å². The molecule has 0 saturated heterocycles. The van der Waals surface area contributed by atoms with Crippen molar-refractivity contribution < 1.29 is 14.7 Å². The van der Waals surface area contributed by atoms with Crippen molar-refractivity contribution in [2.24, 2.45) is 0 Å². The van der Waals surface area contributed by atoms with Gasteiger partial charge in [-0.2, -0.15) is 0 Å². The zero-order valence-electron chi connectivity index (χ0n) is 10.3. The van der Waals surface area contributed by atoms with Gasteiger partial charge in [-0.15, -0.1) is 0 Å². The number of phenols is 1. The normalized spacial score (nSPS) is 10.3. The van der Waals surface area contributed by atoms with Crippen molar-refractivity contribution in [1.29, 1.82) is 0 Å². The van der Waals surface area contributed by atoms with Gasteiger partial charge >= 0.3 is 0 Å². The van der Waals surface area contributed by atoms with Crippen LogP contribution in [-0.2, 0) is 0 Å². The molecule has 102 valence electrons. The minimum Gasteiger partial charge on any atom is -0.507 e. The van der Waals surface area contributed by atoms with Crippen molar-refractivity contribution in [3.8, 4) is 5.75 Å². The lowest BCUT2D eigenvalue weighted by molar-refractivity contribution is 0.0893. The molecule has 2 aromatic carbocycles. The monoisotopic (exact) mass is 308 g/mol. The number of carbonyl (C=O) groups is 2. The van der Waals surface area contributed by atoms with Crippen molar-refractivity contribution in [2.45, 2.75) is 6.42 Å². The summed E-state index contributed by atoms with van der Waals surface area (Å²) in [7, 11) is 0. The van der Waals surface area contributed by atoms with E-state index in [9.17, 15) is 14.7 Å². The lowest BCUT2D eigenvalue weighted by Crippen LogP contribution is -2.08.